The molecule has 0 radical (unpaired) electrons. The van der Waals surface area contributed by atoms with E-state index >= 15 is 0 Å². The molecule has 0 unspecified atom stereocenters. The van der Waals surface area contributed by atoms with E-state index in [9.17, 15) is 15.1 Å². The van der Waals surface area contributed by atoms with Crippen molar-refractivity contribution >= 4 is 17.7 Å². The van der Waals surface area contributed by atoms with Gasteiger partial charge < -0.3 is 25.1 Å². The number of ether oxygens (including phenoxy) is 2. The molecule has 0 saturated carbocycles. The summed E-state index contributed by atoms with van der Waals surface area (Å²) in [4.78, 5) is 11.4. The van der Waals surface area contributed by atoms with E-state index in [1.165, 1.54) is 24.9 Å². The molecule has 7 nitrogen and oxygen atoms in total. The molecule has 2 N–H and O–H groups in total. The van der Waals surface area contributed by atoms with E-state index in [1.807, 2.05) is 72.8 Å². The molecule has 0 spiro atoms. The summed E-state index contributed by atoms with van der Waals surface area (Å²) < 4.78 is 14.1. The maximum Gasteiger partial charge on any atom is 0.251 e. The van der Waals surface area contributed by atoms with E-state index in [0.717, 1.165) is 38.1 Å². The van der Waals surface area contributed by atoms with E-state index in [-0.39, 0.29) is 30.6 Å². The van der Waals surface area contributed by atoms with Crippen LogP contribution in [0.25, 0.3) is 11.1 Å². The molecule has 3 aromatic carbocycles. The fourth-order valence-electron chi connectivity index (χ4n) is 4.95. The Hall–Kier alpha value is -3.69. The minimum atomic E-state index is -0.614. The van der Waals surface area contributed by atoms with Crippen molar-refractivity contribution in [3.63, 3.8) is 0 Å². The summed E-state index contributed by atoms with van der Waals surface area (Å²) in [6.45, 7) is 4.07. The smallest absolute Gasteiger partial charge is 0.251 e. The SMILES string of the molecule is CC(=O)NCc1cccc(-c2cccc([C@H]3O[C@@H](CSc4cccc[n+]4[O-])[C@@H](C)[C@@H](c4ccc(CO)cc4)O3)c2)c1. The number of aromatic nitrogens is 1. The van der Waals surface area contributed by atoms with Gasteiger partial charge in [-0.2, -0.15) is 4.73 Å². The summed E-state index contributed by atoms with van der Waals surface area (Å²) in [6.07, 6.45) is 0.455. The van der Waals surface area contributed by atoms with Gasteiger partial charge in [0.15, 0.2) is 12.5 Å². The van der Waals surface area contributed by atoms with Gasteiger partial charge in [-0.3, -0.25) is 4.79 Å². The fraction of sp³-hybridized carbons (Fsp3) is 0.273. The van der Waals surface area contributed by atoms with Crippen LogP contribution in [0.5, 0.6) is 0 Å². The molecule has 2 heterocycles. The zero-order valence-corrected chi connectivity index (χ0v) is 23.9. The highest BCUT2D eigenvalue weighted by Crippen LogP contribution is 2.43. The minimum absolute atomic E-state index is 0.0104. The first kappa shape index (κ1) is 28.8. The number of hydrogen-bond donors (Lipinski definition) is 2. The number of benzene rings is 3. The van der Waals surface area contributed by atoms with Crippen LogP contribution >= 0.6 is 11.8 Å². The number of amides is 1. The highest BCUT2D eigenvalue weighted by molar-refractivity contribution is 7.99. The highest BCUT2D eigenvalue weighted by atomic mass is 32.2. The Morgan fingerprint density at radius 2 is 1.68 bits per heavy atom. The summed E-state index contributed by atoms with van der Waals surface area (Å²) in [5.74, 6) is 0.531. The van der Waals surface area contributed by atoms with Gasteiger partial charge in [-0.25, -0.2) is 0 Å². The van der Waals surface area contributed by atoms with Gasteiger partial charge in [0.2, 0.25) is 5.91 Å². The average molecular weight is 571 g/mol. The molecule has 0 bridgehead atoms. The summed E-state index contributed by atoms with van der Waals surface area (Å²) in [7, 11) is 0. The molecule has 8 heteroatoms. The molecule has 41 heavy (non-hydrogen) atoms. The number of nitrogens with one attached hydrogen (secondary N) is 1. The fourth-order valence-corrected chi connectivity index (χ4v) is 6.03. The van der Waals surface area contributed by atoms with Crippen molar-refractivity contribution in [2.24, 2.45) is 5.92 Å². The molecular weight excluding hydrogens is 536 g/mol. The third kappa shape index (κ3) is 7.15. The lowest BCUT2D eigenvalue weighted by Crippen LogP contribution is -2.39. The van der Waals surface area contributed by atoms with Gasteiger partial charge in [-0.1, -0.05) is 79.3 Å². The number of carbonyl (C=O) groups is 1. The molecule has 1 aliphatic heterocycles. The lowest BCUT2D eigenvalue weighted by molar-refractivity contribution is -0.645. The molecule has 0 aliphatic carbocycles. The first-order valence-corrected chi connectivity index (χ1v) is 14.6. The van der Waals surface area contributed by atoms with Crippen molar-refractivity contribution in [1.82, 2.24) is 5.32 Å². The molecule has 5 rings (SSSR count). The number of carbonyl (C=O) groups excluding carboxylic acids is 1. The maximum absolute atomic E-state index is 12.3. The lowest BCUT2D eigenvalue weighted by atomic mass is 9.91. The van der Waals surface area contributed by atoms with Crippen LogP contribution in [0.1, 0.15) is 48.5 Å². The first-order chi connectivity index (χ1) is 19.9. The molecule has 4 aromatic rings. The van der Waals surface area contributed by atoms with Crippen molar-refractivity contribution in [1.29, 1.82) is 0 Å². The van der Waals surface area contributed by atoms with Crippen molar-refractivity contribution in [2.45, 2.75) is 50.5 Å². The summed E-state index contributed by atoms with van der Waals surface area (Å²) >= 11 is 1.47. The quantitative estimate of drug-likeness (QED) is 0.152. The lowest BCUT2D eigenvalue weighted by Gasteiger charge is -2.41. The Bertz CT molecular complexity index is 1480. The summed E-state index contributed by atoms with van der Waals surface area (Å²) in [6, 6.07) is 29.4. The molecule has 1 aliphatic rings. The van der Waals surface area contributed by atoms with Crippen LogP contribution in [-0.4, -0.2) is 22.9 Å². The van der Waals surface area contributed by atoms with E-state index in [1.54, 1.807) is 6.07 Å². The largest absolute Gasteiger partial charge is 0.618 e. The predicted octanol–water partition coefficient (Wildman–Crippen LogP) is 5.70. The van der Waals surface area contributed by atoms with Crippen LogP contribution in [0.3, 0.4) is 0 Å². The molecule has 4 atom stereocenters. The number of hydrogen-bond acceptors (Lipinski definition) is 6. The van der Waals surface area contributed by atoms with Gasteiger partial charge in [-0.05, 0) is 46.0 Å². The zero-order chi connectivity index (χ0) is 28.8. The average Bonchev–Trinajstić information content (AvgIpc) is 3.00. The first-order valence-electron chi connectivity index (χ1n) is 13.7. The second-order valence-electron chi connectivity index (χ2n) is 10.2. The molecular formula is C33H34N2O5S. The number of pyridine rings is 1. The predicted molar refractivity (Wildman–Crippen MR) is 158 cm³/mol. The van der Waals surface area contributed by atoms with Gasteiger partial charge in [0, 0.05) is 42.8 Å². The Labute approximate surface area is 244 Å². The summed E-state index contributed by atoms with van der Waals surface area (Å²) in [5.41, 5.74) is 5.82. The van der Waals surface area contributed by atoms with Crippen LogP contribution in [0.4, 0.5) is 0 Å². The van der Waals surface area contributed by atoms with Crippen molar-refractivity contribution in [3.05, 3.63) is 125 Å². The number of aliphatic hydroxyl groups excluding tert-OH is 1. The zero-order valence-electron chi connectivity index (χ0n) is 23.1. The standard InChI is InChI=1S/C33H34N2O5S/c1-22-30(21-41-31-11-3-4-16-35(31)38)39-33(40-32(22)26-14-12-24(20-36)13-15-26)29-10-6-9-28(18-29)27-8-5-7-25(17-27)19-34-23(2)37/h3-18,22,30,32-33,36H,19-21H2,1-2H3,(H,34,37)/t22-,30+,32+,33+/m1/s1. The second-order valence-corrected chi connectivity index (χ2v) is 11.3. The van der Waals surface area contributed by atoms with Crippen molar-refractivity contribution in [3.8, 4) is 11.1 Å². The maximum atomic E-state index is 12.3. The highest BCUT2D eigenvalue weighted by Gasteiger charge is 2.38. The third-order valence-corrected chi connectivity index (χ3v) is 8.38. The van der Waals surface area contributed by atoms with Gasteiger partial charge in [0.1, 0.15) is 0 Å². The molecule has 1 aromatic heterocycles. The topological polar surface area (TPSA) is 94.7 Å². The molecule has 212 valence electrons. The Kier molecular flexibility index (Phi) is 9.36. The minimum Gasteiger partial charge on any atom is -0.618 e. The number of nitrogens with zero attached hydrogens (tertiary/aromatic N) is 1. The van der Waals surface area contributed by atoms with Crippen LogP contribution < -0.4 is 10.0 Å². The monoisotopic (exact) mass is 570 g/mol. The second kappa shape index (κ2) is 13.3. The van der Waals surface area contributed by atoms with Gasteiger partial charge in [0.25, 0.3) is 5.03 Å². The van der Waals surface area contributed by atoms with Gasteiger partial charge in [-0.15, -0.1) is 0 Å². The van der Waals surface area contributed by atoms with Crippen LogP contribution in [0.2, 0.25) is 0 Å². The molecule has 1 amide bonds. The third-order valence-electron chi connectivity index (χ3n) is 7.27. The van der Waals surface area contributed by atoms with Crippen LogP contribution in [-0.2, 0) is 27.4 Å². The van der Waals surface area contributed by atoms with E-state index < -0.39 is 6.29 Å². The van der Waals surface area contributed by atoms with Crippen LogP contribution in [0, 0.1) is 11.1 Å². The Balaban J connectivity index is 1.42. The molecule has 1 fully saturated rings. The number of aliphatic hydroxyl groups is 1. The Morgan fingerprint density at radius 1 is 0.927 bits per heavy atom. The Morgan fingerprint density at radius 3 is 2.41 bits per heavy atom. The van der Waals surface area contributed by atoms with Gasteiger partial charge >= 0.3 is 0 Å². The van der Waals surface area contributed by atoms with Crippen LogP contribution in [0.15, 0.2) is 102 Å². The molecule has 1 saturated heterocycles. The normalized spacial score (nSPS) is 20.5. The van der Waals surface area contributed by atoms with Gasteiger partial charge in [0.05, 0.1) is 18.8 Å². The van der Waals surface area contributed by atoms with E-state index in [2.05, 4.69) is 24.4 Å². The van der Waals surface area contributed by atoms with Crippen molar-refractivity contribution in [2.75, 3.05) is 5.75 Å². The van der Waals surface area contributed by atoms with Crippen molar-refractivity contribution < 1.29 is 24.1 Å². The number of rotatable bonds is 9. The van der Waals surface area contributed by atoms with E-state index in [0.29, 0.717) is 17.3 Å². The number of thioether (sulfide) groups is 1. The summed E-state index contributed by atoms with van der Waals surface area (Å²) in [5, 5.41) is 25.3. The van der Waals surface area contributed by atoms with E-state index in [4.69, 9.17) is 9.47 Å².